The van der Waals surface area contributed by atoms with Crippen LogP contribution < -0.4 is 10.6 Å². The maximum absolute atomic E-state index is 5.26. The fraction of sp³-hybridized carbons (Fsp3) is 0.632. The number of hydrogen-bond acceptors (Lipinski definition) is 3. The van der Waals surface area contributed by atoms with Crippen molar-refractivity contribution in [3.8, 4) is 0 Å². The molecule has 1 saturated carbocycles. The molecule has 0 heterocycles. The summed E-state index contributed by atoms with van der Waals surface area (Å²) in [6.45, 7) is 3.21. The number of nitrogens with one attached hydrogen (secondary N) is 2. The predicted octanol–water partition coefficient (Wildman–Crippen LogP) is 3.32. The Morgan fingerprint density at radius 3 is 2.28 bits per heavy atom. The van der Waals surface area contributed by atoms with E-state index in [1.807, 2.05) is 7.05 Å². The molecule has 0 aliphatic heterocycles. The van der Waals surface area contributed by atoms with E-state index >= 15 is 0 Å². The van der Waals surface area contributed by atoms with Gasteiger partial charge in [0, 0.05) is 41.0 Å². The van der Waals surface area contributed by atoms with Crippen LogP contribution in [0.3, 0.4) is 0 Å². The van der Waals surface area contributed by atoms with E-state index in [-0.39, 0.29) is 24.0 Å². The average Bonchev–Trinajstić information content (AvgIpc) is 2.57. The van der Waals surface area contributed by atoms with Gasteiger partial charge >= 0.3 is 0 Å². The molecule has 1 aromatic carbocycles. The van der Waals surface area contributed by atoms with Gasteiger partial charge in [0.1, 0.15) is 0 Å². The number of nitrogens with zero attached hydrogens (tertiary/aromatic N) is 1. The Bertz CT molecular complexity index is 516. The van der Waals surface area contributed by atoms with Crippen LogP contribution in [0.2, 0.25) is 0 Å². The molecule has 1 fully saturated rings. The number of rotatable bonds is 9. The fourth-order valence-corrected chi connectivity index (χ4v) is 3.11. The molecule has 5 nitrogen and oxygen atoms in total. The van der Waals surface area contributed by atoms with Crippen LogP contribution in [0.1, 0.15) is 36.8 Å². The van der Waals surface area contributed by atoms with Crippen molar-refractivity contribution in [3.63, 3.8) is 0 Å². The molecule has 0 unspecified atom stereocenters. The molecule has 0 radical (unpaired) electrons. The summed E-state index contributed by atoms with van der Waals surface area (Å²) in [7, 11) is 5.31. The van der Waals surface area contributed by atoms with Gasteiger partial charge in [0.2, 0.25) is 0 Å². The lowest BCUT2D eigenvalue weighted by Crippen LogP contribution is -2.46. The van der Waals surface area contributed by atoms with Crippen molar-refractivity contribution < 1.29 is 9.47 Å². The van der Waals surface area contributed by atoms with E-state index in [4.69, 9.17) is 9.47 Å². The van der Waals surface area contributed by atoms with E-state index in [0.717, 1.165) is 32.1 Å². The van der Waals surface area contributed by atoms with Gasteiger partial charge in [-0.2, -0.15) is 0 Å². The van der Waals surface area contributed by atoms with Crippen molar-refractivity contribution in [2.45, 2.75) is 38.8 Å². The maximum Gasteiger partial charge on any atom is 0.191 e. The molecule has 1 aromatic rings. The summed E-state index contributed by atoms with van der Waals surface area (Å²) in [5, 5.41) is 6.88. The van der Waals surface area contributed by atoms with E-state index in [2.05, 4.69) is 39.9 Å². The third-order valence-electron chi connectivity index (χ3n) is 4.90. The monoisotopic (exact) mass is 461 g/mol. The molecule has 0 spiro atoms. The maximum atomic E-state index is 5.26. The van der Waals surface area contributed by atoms with Crippen LogP contribution in [0.15, 0.2) is 29.3 Å². The quantitative estimate of drug-likeness (QED) is 0.337. The lowest BCUT2D eigenvalue weighted by molar-refractivity contribution is 0.0732. The number of ether oxygens (including phenoxy) is 2. The minimum atomic E-state index is 0. The van der Waals surface area contributed by atoms with Crippen LogP contribution in [-0.4, -0.2) is 40.4 Å². The Kier molecular flexibility index (Phi) is 10.4. The number of methoxy groups -OCH3 is 2. The van der Waals surface area contributed by atoms with Crippen LogP contribution in [-0.2, 0) is 22.6 Å². The standard InChI is InChI=1S/C19H31N3O2.HI/c1-20-18(22-15-19(9-4-10-19)11-12-23-2)21-13-16-5-7-17(8-6-16)14-24-3;/h5-8H,4,9-15H2,1-3H3,(H2,20,21,22);1H. The summed E-state index contributed by atoms with van der Waals surface area (Å²) in [5.41, 5.74) is 2.81. The first-order valence-corrected chi connectivity index (χ1v) is 8.71. The molecule has 1 aliphatic rings. The number of halogens is 1. The molecule has 0 amide bonds. The van der Waals surface area contributed by atoms with Crippen LogP contribution in [0.4, 0.5) is 0 Å². The molecule has 2 rings (SSSR count). The van der Waals surface area contributed by atoms with Crippen molar-refractivity contribution in [3.05, 3.63) is 35.4 Å². The number of aliphatic imine (C=N–C) groups is 1. The summed E-state index contributed by atoms with van der Waals surface area (Å²) >= 11 is 0. The van der Waals surface area contributed by atoms with Crippen LogP contribution in [0.25, 0.3) is 0 Å². The average molecular weight is 461 g/mol. The summed E-state index contributed by atoms with van der Waals surface area (Å²) in [6.07, 6.45) is 5.00. The first-order chi connectivity index (χ1) is 11.7. The second-order valence-corrected chi connectivity index (χ2v) is 6.63. The first kappa shape index (κ1) is 22.2. The van der Waals surface area contributed by atoms with Gasteiger partial charge in [-0.05, 0) is 35.8 Å². The van der Waals surface area contributed by atoms with Crippen LogP contribution in [0, 0.1) is 5.41 Å². The Labute approximate surface area is 169 Å². The van der Waals surface area contributed by atoms with Gasteiger partial charge in [-0.15, -0.1) is 24.0 Å². The van der Waals surface area contributed by atoms with E-state index in [1.54, 1.807) is 14.2 Å². The van der Waals surface area contributed by atoms with E-state index in [9.17, 15) is 0 Å². The summed E-state index contributed by atoms with van der Waals surface area (Å²) in [4.78, 5) is 4.34. The third kappa shape index (κ3) is 7.11. The Morgan fingerprint density at radius 2 is 1.76 bits per heavy atom. The zero-order chi connectivity index (χ0) is 17.3. The second-order valence-electron chi connectivity index (χ2n) is 6.63. The molecule has 25 heavy (non-hydrogen) atoms. The smallest absolute Gasteiger partial charge is 0.191 e. The first-order valence-electron chi connectivity index (χ1n) is 8.71. The minimum Gasteiger partial charge on any atom is -0.385 e. The molecule has 0 aromatic heterocycles. The molecule has 2 N–H and O–H groups in total. The molecule has 1 aliphatic carbocycles. The van der Waals surface area contributed by atoms with Gasteiger partial charge in [-0.25, -0.2) is 0 Å². The predicted molar refractivity (Wildman–Crippen MR) is 114 cm³/mol. The van der Waals surface area contributed by atoms with Crippen LogP contribution >= 0.6 is 24.0 Å². The van der Waals surface area contributed by atoms with Crippen molar-refractivity contribution in [2.24, 2.45) is 10.4 Å². The van der Waals surface area contributed by atoms with Gasteiger partial charge in [0.15, 0.2) is 5.96 Å². The molecule has 0 saturated heterocycles. The number of benzene rings is 1. The van der Waals surface area contributed by atoms with Gasteiger partial charge < -0.3 is 20.1 Å². The lowest BCUT2D eigenvalue weighted by Gasteiger charge is -2.42. The normalized spacial score (nSPS) is 15.9. The van der Waals surface area contributed by atoms with Crippen molar-refractivity contribution in [1.82, 2.24) is 10.6 Å². The topological polar surface area (TPSA) is 54.9 Å². The van der Waals surface area contributed by atoms with Crippen molar-refractivity contribution in [2.75, 3.05) is 34.4 Å². The highest BCUT2D eigenvalue weighted by molar-refractivity contribution is 14.0. The summed E-state index contributed by atoms with van der Waals surface area (Å²) < 4.78 is 10.4. The van der Waals surface area contributed by atoms with Gasteiger partial charge in [-0.3, -0.25) is 4.99 Å². The van der Waals surface area contributed by atoms with Crippen molar-refractivity contribution >= 4 is 29.9 Å². The van der Waals surface area contributed by atoms with Crippen LogP contribution in [0.5, 0.6) is 0 Å². The highest BCUT2D eigenvalue weighted by atomic mass is 127. The molecule has 6 heteroatoms. The van der Waals surface area contributed by atoms with Crippen molar-refractivity contribution in [1.29, 1.82) is 0 Å². The zero-order valence-electron chi connectivity index (χ0n) is 15.6. The summed E-state index contributed by atoms with van der Waals surface area (Å²) in [6, 6.07) is 8.46. The molecular weight excluding hydrogens is 429 g/mol. The highest BCUT2D eigenvalue weighted by Crippen LogP contribution is 2.43. The molecule has 142 valence electrons. The van der Waals surface area contributed by atoms with Gasteiger partial charge in [0.25, 0.3) is 0 Å². The van der Waals surface area contributed by atoms with E-state index in [0.29, 0.717) is 12.0 Å². The minimum absolute atomic E-state index is 0. The Hall–Kier alpha value is -0.860. The SMILES string of the molecule is CN=C(NCc1ccc(COC)cc1)NCC1(CCOC)CCC1.I. The Morgan fingerprint density at radius 1 is 1.08 bits per heavy atom. The van der Waals surface area contributed by atoms with Gasteiger partial charge in [0.05, 0.1) is 6.61 Å². The molecular formula is C19H32IN3O2. The molecule has 0 atom stereocenters. The summed E-state index contributed by atoms with van der Waals surface area (Å²) in [5.74, 6) is 0.861. The van der Waals surface area contributed by atoms with E-state index in [1.165, 1.54) is 30.4 Å². The number of hydrogen-bond donors (Lipinski definition) is 2. The second kappa shape index (κ2) is 11.7. The number of guanidine groups is 1. The molecule has 0 bridgehead atoms. The lowest BCUT2D eigenvalue weighted by atomic mass is 9.67. The fourth-order valence-electron chi connectivity index (χ4n) is 3.11. The third-order valence-corrected chi connectivity index (χ3v) is 4.90. The highest BCUT2D eigenvalue weighted by Gasteiger charge is 2.36. The Balaban J connectivity index is 0.00000312. The van der Waals surface area contributed by atoms with Gasteiger partial charge in [-0.1, -0.05) is 30.7 Å². The van der Waals surface area contributed by atoms with E-state index < -0.39 is 0 Å². The largest absolute Gasteiger partial charge is 0.385 e. The zero-order valence-corrected chi connectivity index (χ0v) is 18.0.